The molecule has 3 rings (SSSR count). The zero-order chi connectivity index (χ0) is 13.9. The van der Waals surface area contributed by atoms with Gasteiger partial charge in [-0.3, -0.25) is 9.78 Å². The van der Waals surface area contributed by atoms with Crippen LogP contribution in [-0.2, 0) is 6.54 Å². The Morgan fingerprint density at radius 2 is 2.20 bits per heavy atom. The second-order valence-electron chi connectivity index (χ2n) is 4.51. The third-order valence-corrected chi connectivity index (χ3v) is 4.29. The van der Waals surface area contributed by atoms with Gasteiger partial charge in [0.2, 0.25) is 0 Å². The van der Waals surface area contributed by atoms with Gasteiger partial charge in [-0.2, -0.15) is 0 Å². The van der Waals surface area contributed by atoms with Crippen LogP contribution in [0.25, 0.3) is 0 Å². The Bertz CT molecular complexity index is 645. The van der Waals surface area contributed by atoms with E-state index in [1.54, 1.807) is 30.1 Å². The summed E-state index contributed by atoms with van der Waals surface area (Å²) in [6, 6.07) is 11.5. The molecule has 0 unspecified atom stereocenters. The van der Waals surface area contributed by atoms with E-state index in [0.29, 0.717) is 12.1 Å². The lowest BCUT2D eigenvalue weighted by molar-refractivity contribution is 0.0987. The monoisotopic (exact) mass is 285 g/mol. The Kier molecular flexibility index (Phi) is 3.71. The lowest BCUT2D eigenvalue weighted by atomic mass is 10.1. The fraction of sp³-hybridized carbons (Fsp3) is 0.200. The second kappa shape index (κ2) is 5.64. The minimum absolute atomic E-state index is 0.00912. The molecule has 0 spiro atoms. The van der Waals surface area contributed by atoms with Crippen molar-refractivity contribution in [3.05, 3.63) is 53.9 Å². The van der Waals surface area contributed by atoms with Crippen LogP contribution in [0.1, 0.15) is 16.1 Å². The Morgan fingerprint density at radius 1 is 1.35 bits per heavy atom. The maximum absolute atomic E-state index is 12.7. The fourth-order valence-corrected chi connectivity index (χ4v) is 3.25. The first-order valence-corrected chi connectivity index (χ1v) is 7.47. The number of hydrogen-bond donors (Lipinski definition) is 1. The molecule has 5 heteroatoms. The SMILES string of the molecule is NCc1cc(C(=O)N2CCSc3ccccc32)ccn1. The lowest BCUT2D eigenvalue weighted by Crippen LogP contribution is -2.35. The molecule has 0 saturated carbocycles. The molecule has 0 fully saturated rings. The van der Waals surface area contributed by atoms with Gasteiger partial charge in [0.15, 0.2) is 0 Å². The van der Waals surface area contributed by atoms with Gasteiger partial charge >= 0.3 is 0 Å². The van der Waals surface area contributed by atoms with Crippen molar-refractivity contribution in [3.63, 3.8) is 0 Å². The van der Waals surface area contributed by atoms with E-state index in [4.69, 9.17) is 5.73 Å². The van der Waals surface area contributed by atoms with E-state index in [1.165, 1.54) is 0 Å². The minimum Gasteiger partial charge on any atom is -0.325 e. The maximum atomic E-state index is 12.7. The summed E-state index contributed by atoms with van der Waals surface area (Å²) in [5.74, 6) is 0.923. The van der Waals surface area contributed by atoms with Gasteiger partial charge in [0, 0.05) is 35.5 Å². The summed E-state index contributed by atoms with van der Waals surface area (Å²) in [7, 11) is 0. The van der Waals surface area contributed by atoms with Crippen molar-refractivity contribution in [2.24, 2.45) is 5.73 Å². The van der Waals surface area contributed by atoms with Gasteiger partial charge in [-0.25, -0.2) is 0 Å². The van der Waals surface area contributed by atoms with E-state index in [0.717, 1.165) is 28.6 Å². The molecule has 1 aromatic carbocycles. The molecule has 4 nitrogen and oxygen atoms in total. The maximum Gasteiger partial charge on any atom is 0.258 e. The molecule has 1 aromatic heterocycles. The van der Waals surface area contributed by atoms with E-state index in [9.17, 15) is 4.79 Å². The molecule has 0 radical (unpaired) electrons. The van der Waals surface area contributed by atoms with Crippen molar-refractivity contribution in [2.75, 3.05) is 17.2 Å². The molecule has 20 heavy (non-hydrogen) atoms. The number of nitrogens with zero attached hydrogens (tertiary/aromatic N) is 2. The lowest BCUT2D eigenvalue weighted by Gasteiger charge is -2.29. The molecule has 0 bridgehead atoms. The minimum atomic E-state index is 0.00912. The average molecular weight is 285 g/mol. The van der Waals surface area contributed by atoms with Crippen LogP contribution in [0.4, 0.5) is 5.69 Å². The Labute approximate surface area is 122 Å². The highest BCUT2D eigenvalue weighted by atomic mass is 32.2. The van der Waals surface area contributed by atoms with Crippen LogP contribution in [0.3, 0.4) is 0 Å². The van der Waals surface area contributed by atoms with Gasteiger partial charge < -0.3 is 10.6 Å². The van der Waals surface area contributed by atoms with Gasteiger partial charge in [0.05, 0.1) is 11.4 Å². The molecule has 0 aliphatic carbocycles. The van der Waals surface area contributed by atoms with Crippen molar-refractivity contribution in [1.82, 2.24) is 4.98 Å². The van der Waals surface area contributed by atoms with E-state index >= 15 is 0 Å². The highest BCUT2D eigenvalue weighted by Gasteiger charge is 2.23. The summed E-state index contributed by atoms with van der Waals surface area (Å²) in [5, 5.41) is 0. The molecule has 1 amide bonds. The molecule has 0 atom stereocenters. The zero-order valence-electron chi connectivity index (χ0n) is 11.0. The Balaban J connectivity index is 1.95. The number of nitrogens with two attached hydrogens (primary N) is 1. The first kappa shape index (κ1) is 13.1. The van der Waals surface area contributed by atoms with E-state index < -0.39 is 0 Å². The third-order valence-electron chi connectivity index (χ3n) is 3.25. The molecular formula is C15H15N3OS. The van der Waals surface area contributed by atoms with Crippen molar-refractivity contribution in [1.29, 1.82) is 0 Å². The number of aromatic nitrogens is 1. The van der Waals surface area contributed by atoms with Crippen LogP contribution in [0, 0.1) is 0 Å². The summed E-state index contributed by atoms with van der Waals surface area (Å²) in [6.07, 6.45) is 1.64. The topological polar surface area (TPSA) is 59.2 Å². The summed E-state index contributed by atoms with van der Waals surface area (Å²) in [5.41, 5.74) is 7.94. The third kappa shape index (κ3) is 2.42. The predicted octanol–water partition coefficient (Wildman–Crippen LogP) is 2.29. The van der Waals surface area contributed by atoms with Crippen molar-refractivity contribution >= 4 is 23.4 Å². The number of amides is 1. The molecule has 0 saturated heterocycles. The largest absolute Gasteiger partial charge is 0.325 e. The van der Waals surface area contributed by atoms with Crippen LogP contribution in [0.15, 0.2) is 47.5 Å². The number of para-hydroxylation sites is 1. The van der Waals surface area contributed by atoms with Gasteiger partial charge in [-0.1, -0.05) is 12.1 Å². The van der Waals surface area contributed by atoms with Crippen LogP contribution in [0.5, 0.6) is 0 Å². The van der Waals surface area contributed by atoms with Gasteiger partial charge in [-0.15, -0.1) is 11.8 Å². The highest BCUT2D eigenvalue weighted by Crippen LogP contribution is 2.34. The molecule has 2 aromatic rings. The molecule has 1 aliphatic heterocycles. The van der Waals surface area contributed by atoms with Crippen LogP contribution < -0.4 is 10.6 Å². The summed E-state index contributed by atoms with van der Waals surface area (Å²) >= 11 is 1.79. The molecule has 2 heterocycles. The van der Waals surface area contributed by atoms with Gasteiger partial charge in [-0.05, 0) is 24.3 Å². The van der Waals surface area contributed by atoms with Crippen molar-refractivity contribution < 1.29 is 4.79 Å². The Morgan fingerprint density at radius 3 is 3.05 bits per heavy atom. The number of carbonyl (C=O) groups excluding carboxylic acids is 1. The molecule has 102 valence electrons. The molecule has 2 N–H and O–H groups in total. The van der Waals surface area contributed by atoms with E-state index in [2.05, 4.69) is 11.1 Å². The number of benzene rings is 1. The second-order valence-corrected chi connectivity index (χ2v) is 5.65. The average Bonchev–Trinajstić information content (AvgIpc) is 2.53. The highest BCUT2D eigenvalue weighted by molar-refractivity contribution is 7.99. The first-order valence-electron chi connectivity index (χ1n) is 6.48. The number of pyridine rings is 1. The number of hydrogen-bond acceptors (Lipinski definition) is 4. The predicted molar refractivity (Wildman–Crippen MR) is 81.0 cm³/mol. The molecule has 1 aliphatic rings. The summed E-state index contributed by atoms with van der Waals surface area (Å²) in [4.78, 5) is 19.8. The first-order chi connectivity index (χ1) is 9.79. The number of carbonyl (C=O) groups is 1. The number of fused-ring (bicyclic) bond motifs is 1. The smallest absolute Gasteiger partial charge is 0.258 e. The van der Waals surface area contributed by atoms with E-state index in [1.807, 2.05) is 23.1 Å². The normalized spacial score (nSPS) is 13.9. The number of anilines is 1. The van der Waals surface area contributed by atoms with Gasteiger partial charge in [0.1, 0.15) is 0 Å². The van der Waals surface area contributed by atoms with Gasteiger partial charge in [0.25, 0.3) is 5.91 Å². The summed E-state index contributed by atoms with van der Waals surface area (Å²) in [6.45, 7) is 1.06. The Hall–Kier alpha value is -1.85. The van der Waals surface area contributed by atoms with Crippen molar-refractivity contribution in [3.8, 4) is 0 Å². The number of rotatable bonds is 2. The van der Waals surface area contributed by atoms with E-state index in [-0.39, 0.29) is 5.91 Å². The molecular weight excluding hydrogens is 270 g/mol. The fourth-order valence-electron chi connectivity index (χ4n) is 2.26. The van der Waals surface area contributed by atoms with Crippen LogP contribution in [-0.4, -0.2) is 23.2 Å². The zero-order valence-corrected chi connectivity index (χ0v) is 11.8. The van der Waals surface area contributed by atoms with Crippen LogP contribution >= 0.6 is 11.8 Å². The van der Waals surface area contributed by atoms with Crippen LogP contribution in [0.2, 0.25) is 0 Å². The van der Waals surface area contributed by atoms with Crippen molar-refractivity contribution in [2.45, 2.75) is 11.4 Å². The standard InChI is InChI=1S/C15H15N3OS/c16-10-12-9-11(5-6-17-12)15(19)18-7-8-20-14-4-2-1-3-13(14)18/h1-6,9H,7-8,10,16H2. The summed E-state index contributed by atoms with van der Waals surface area (Å²) < 4.78 is 0. The quantitative estimate of drug-likeness (QED) is 0.919. The number of thioether (sulfide) groups is 1.